The molecule has 1 aromatic carbocycles. The van der Waals surface area contributed by atoms with E-state index < -0.39 is 5.97 Å². The Kier molecular flexibility index (Phi) is 4.22. The van der Waals surface area contributed by atoms with Crippen LogP contribution in [-0.2, 0) is 4.74 Å². The summed E-state index contributed by atoms with van der Waals surface area (Å²) in [4.78, 5) is 15.9. The van der Waals surface area contributed by atoms with Gasteiger partial charge in [0.25, 0.3) is 0 Å². The highest BCUT2D eigenvalue weighted by Crippen LogP contribution is 2.24. The van der Waals surface area contributed by atoms with Crippen molar-refractivity contribution >= 4 is 17.6 Å². The number of hydrogen-bond donors (Lipinski definition) is 0. The van der Waals surface area contributed by atoms with Crippen molar-refractivity contribution in [1.82, 2.24) is 9.55 Å². The Morgan fingerprint density at radius 3 is 2.74 bits per heavy atom. The van der Waals surface area contributed by atoms with Crippen molar-refractivity contribution in [2.75, 3.05) is 6.61 Å². The smallest absolute Gasteiger partial charge is 0.356 e. The summed E-state index contributed by atoms with van der Waals surface area (Å²) in [5, 5.41) is 0.277. The van der Waals surface area contributed by atoms with Crippen LogP contribution >= 0.6 is 11.6 Å². The molecule has 1 aromatic heterocycles. The van der Waals surface area contributed by atoms with Crippen LogP contribution in [-0.4, -0.2) is 22.1 Å². The van der Waals surface area contributed by atoms with E-state index in [1.807, 2.05) is 37.3 Å². The van der Waals surface area contributed by atoms with E-state index in [4.69, 9.17) is 16.3 Å². The lowest BCUT2D eigenvalue weighted by Gasteiger charge is -2.17. The van der Waals surface area contributed by atoms with Gasteiger partial charge in [0.15, 0.2) is 0 Å². The zero-order valence-corrected chi connectivity index (χ0v) is 11.6. The van der Waals surface area contributed by atoms with Crippen LogP contribution in [0.15, 0.2) is 36.5 Å². The number of halogens is 1. The fourth-order valence-corrected chi connectivity index (χ4v) is 2.23. The van der Waals surface area contributed by atoms with E-state index in [2.05, 4.69) is 4.98 Å². The van der Waals surface area contributed by atoms with Gasteiger partial charge in [-0.05, 0) is 31.0 Å². The van der Waals surface area contributed by atoms with Crippen LogP contribution in [0.25, 0.3) is 0 Å². The molecule has 0 radical (unpaired) electrons. The molecular weight excluding hydrogens is 264 g/mol. The highest BCUT2D eigenvalue weighted by molar-refractivity contribution is 6.28. The lowest BCUT2D eigenvalue weighted by molar-refractivity contribution is 0.0512. The van der Waals surface area contributed by atoms with Crippen LogP contribution in [0.3, 0.4) is 0 Å². The summed E-state index contributed by atoms with van der Waals surface area (Å²) < 4.78 is 6.69. The maximum absolute atomic E-state index is 11.9. The van der Waals surface area contributed by atoms with Crippen LogP contribution in [0.4, 0.5) is 0 Å². The number of imidazole rings is 1. The molecule has 2 rings (SSSR count). The Balaban J connectivity index is 2.39. The summed E-state index contributed by atoms with van der Waals surface area (Å²) >= 11 is 6.08. The third-order valence-electron chi connectivity index (χ3n) is 2.91. The second kappa shape index (κ2) is 5.89. The quantitative estimate of drug-likeness (QED) is 0.806. The van der Waals surface area contributed by atoms with Gasteiger partial charge in [-0.15, -0.1) is 0 Å². The molecule has 5 heteroatoms. The highest BCUT2D eigenvalue weighted by atomic mass is 35.5. The van der Waals surface area contributed by atoms with Crippen molar-refractivity contribution in [2.24, 2.45) is 0 Å². The number of esters is 1. The normalized spacial score (nSPS) is 12.2. The standard InChI is InChI=1S/C14H15ClN2O2/c1-3-19-13(18)12-9-16-14(15)17(12)10(2)11-7-5-4-6-8-11/h4-10H,3H2,1-2H3/t10-/m1/s1. The average molecular weight is 279 g/mol. The SMILES string of the molecule is CCOC(=O)c1cnc(Cl)n1[C@H](C)c1ccccc1. The van der Waals surface area contributed by atoms with E-state index in [-0.39, 0.29) is 11.3 Å². The van der Waals surface area contributed by atoms with Gasteiger partial charge in [0.05, 0.1) is 18.8 Å². The Labute approximate surface area is 117 Å². The minimum absolute atomic E-state index is 0.0874. The number of hydrogen-bond acceptors (Lipinski definition) is 3. The molecule has 0 aliphatic rings. The minimum atomic E-state index is -0.412. The van der Waals surface area contributed by atoms with E-state index in [0.717, 1.165) is 5.56 Å². The second-order valence-corrected chi connectivity index (χ2v) is 4.43. The fourth-order valence-electron chi connectivity index (χ4n) is 1.94. The number of benzene rings is 1. The molecule has 0 saturated carbocycles. The van der Waals surface area contributed by atoms with Gasteiger partial charge >= 0.3 is 5.97 Å². The number of rotatable bonds is 4. The number of nitrogens with zero attached hydrogens (tertiary/aromatic N) is 2. The van der Waals surface area contributed by atoms with Crippen LogP contribution in [0.5, 0.6) is 0 Å². The maximum atomic E-state index is 11.9. The van der Waals surface area contributed by atoms with E-state index in [1.165, 1.54) is 6.20 Å². The number of aromatic nitrogens is 2. The zero-order valence-electron chi connectivity index (χ0n) is 10.8. The second-order valence-electron chi connectivity index (χ2n) is 4.09. The Hall–Kier alpha value is -1.81. The molecule has 19 heavy (non-hydrogen) atoms. The monoisotopic (exact) mass is 278 g/mol. The summed E-state index contributed by atoms with van der Waals surface area (Å²) in [5.41, 5.74) is 1.41. The van der Waals surface area contributed by atoms with Gasteiger partial charge in [-0.1, -0.05) is 30.3 Å². The van der Waals surface area contributed by atoms with Gasteiger partial charge < -0.3 is 9.30 Å². The molecule has 100 valence electrons. The van der Waals surface area contributed by atoms with Crippen molar-refractivity contribution < 1.29 is 9.53 Å². The minimum Gasteiger partial charge on any atom is -0.461 e. The Morgan fingerprint density at radius 2 is 2.11 bits per heavy atom. The molecule has 0 aliphatic carbocycles. The summed E-state index contributed by atoms with van der Waals surface area (Å²) in [6.45, 7) is 4.05. The van der Waals surface area contributed by atoms with Gasteiger partial charge in [0.2, 0.25) is 5.28 Å². The molecule has 0 fully saturated rings. The lowest BCUT2D eigenvalue weighted by Crippen LogP contribution is -2.16. The van der Waals surface area contributed by atoms with E-state index in [9.17, 15) is 4.79 Å². The highest BCUT2D eigenvalue weighted by Gasteiger charge is 2.21. The Bertz CT molecular complexity index is 566. The summed E-state index contributed by atoms with van der Waals surface area (Å²) in [6.07, 6.45) is 1.44. The third kappa shape index (κ3) is 2.79. The first-order chi connectivity index (χ1) is 9.15. The van der Waals surface area contributed by atoms with E-state index >= 15 is 0 Å². The third-order valence-corrected chi connectivity index (χ3v) is 3.19. The van der Waals surface area contributed by atoms with Crippen molar-refractivity contribution in [1.29, 1.82) is 0 Å². The molecule has 0 spiro atoms. The van der Waals surface area contributed by atoms with Crippen LogP contribution in [0.2, 0.25) is 5.28 Å². The molecule has 2 aromatic rings. The first kappa shape index (κ1) is 13.6. The van der Waals surface area contributed by atoms with Gasteiger partial charge in [0, 0.05) is 0 Å². The average Bonchev–Trinajstić information content (AvgIpc) is 2.81. The van der Waals surface area contributed by atoms with E-state index in [1.54, 1.807) is 11.5 Å². The number of carbonyl (C=O) groups excluding carboxylic acids is 1. The fraction of sp³-hybridized carbons (Fsp3) is 0.286. The summed E-state index contributed by atoms with van der Waals surface area (Å²) in [6, 6.07) is 9.71. The van der Waals surface area contributed by atoms with Crippen LogP contribution in [0.1, 0.15) is 35.9 Å². The predicted molar refractivity (Wildman–Crippen MR) is 73.4 cm³/mol. The van der Waals surface area contributed by atoms with Crippen molar-refractivity contribution in [2.45, 2.75) is 19.9 Å². The molecular formula is C14H15ClN2O2. The molecule has 0 bridgehead atoms. The first-order valence-electron chi connectivity index (χ1n) is 6.10. The Morgan fingerprint density at radius 1 is 1.42 bits per heavy atom. The number of ether oxygens (including phenoxy) is 1. The topological polar surface area (TPSA) is 44.1 Å². The van der Waals surface area contributed by atoms with Gasteiger partial charge in [-0.3, -0.25) is 0 Å². The molecule has 0 unspecified atom stereocenters. The molecule has 1 heterocycles. The molecule has 0 saturated heterocycles. The maximum Gasteiger partial charge on any atom is 0.356 e. The number of carbonyl (C=O) groups is 1. The van der Waals surface area contributed by atoms with Gasteiger partial charge in [-0.25, -0.2) is 9.78 Å². The van der Waals surface area contributed by atoms with Gasteiger partial charge in [0.1, 0.15) is 5.69 Å². The molecule has 0 aliphatic heterocycles. The van der Waals surface area contributed by atoms with Crippen molar-refractivity contribution in [3.05, 3.63) is 53.1 Å². The lowest BCUT2D eigenvalue weighted by atomic mass is 10.1. The largest absolute Gasteiger partial charge is 0.461 e. The first-order valence-corrected chi connectivity index (χ1v) is 6.47. The van der Waals surface area contributed by atoms with Crippen LogP contribution in [0, 0.1) is 0 Å². The summed E-state index contributed by atoms with van der Waals surface area (Å²) in [7, 11) is 0. The molecule has 1 atom stereocenters. The zero-order chi connectivity index (χ0) is 13.8. The molecule has 0 N–H and O–H groups in total. The van der Waals surface area contributed by atoms with Gasteiger partial charge in [-0.2, -0.15) is 0 Å². The van der Waals surface area contributed by atoms with Crippen molar-refractivity contribution in [3.8, 4) is 0 Å². The predicted octanol–water partition coefficient (Wildman–Crippen LogP) is 3.32. The van der Waals surface area contributed by atoms with Crippen LogP contribution < -0.4 is 0 Å². The molecule has 0 amide bonds. The summed E-state index contributed by atoms with van der Waals surface area (Å²) in [5.74, 6) is -0.412. The van der Waals surface area contributed by atoms with Crippen molar-refractivity contribution in [3.63, 3.8) is 0 Å². The van der Waals surface area contributed by atoms with E-state index in [0.29, 0.717) is 12.3 Å². The molecule has 4 nitrogen and oxygen atoms in total.